The summed E-state index contributed by atoms with van der Waals surface area (Å²) in [6.07, 6.45) is 2.20. The van der Waals surface area contributed by atoms with E-state index >= 15 is 0 Å². The van der Waals surface area contributed by atoms with E-state index in [4.69, 9.17) is 26.1 Å². The number of nitrogens with zero attached hydrogens (tertiary/aromatic N) is 6. The van der Waals surface area contributed by atoms with Gasteiger partial charge in [-0.15, -0.1) is 11.3 Å². The Labute approximate surface area is 275 Å². The molecule has 1 N–H and O–H groups in total. The van der Waals surface area contributed by atoms with Gasteiger partial charge in [-0.05, 0) is 32.4 Å². The maximum absolute atomic E-state index is 14.0. The van der Waals surface area contributed by atoms with E-state index in [1.807, 2.05) is 29.0 Å². The van der Waals surface area contributed by atoms with Crippen molar-refractivity contribution in [1.29, 1.82) is 0 Å². The van der Waals surface area contributed by atoms with Gasteiger partial charge in [0.25, 0.3) is 0 Å². The van der Waals surface area contributed by atoms with Gasteiger partial charge < -0.3 is 24.6 Å². The molecule has 2 amide bonds. The number of thiazole rings is 1. The van der Waals surface area contributed by atoms with Gasteiger partial charge in [0.05, 0.1) is 25.8 Å². The molecule has 1 aromatic carbocycles. The van der Waals surface area contributed by atoms with Crippen LogP contribution in [0.3, 0.4) is 0 Å². The van der Waals surface area contributed by atoms with E-state index < -0.39 is 17.8 Å². The number of urea groups is 1. The topological polar surface area (TPSA) is 120 Å². The molecule has 0 spiro atoms. The molecule has 15 heteroatoms. The van der Waals surface area contributed by atoms with Gasteiger partial charge in [0.2, 0.25) is 0 Å². The number of piperazine rings is 1. The van der Waals surface area contributed by atoms with Crippen LogP contribution in [0.2, 0.25) is 5.02 Å². The third-order valence-corrected chi connectivity index (χ3v) is 10.3. The number of rotatable bonds is 8. The molecule has 3 saturated heterocycles. The van der Waals surface area contributed by atoms with E-state index in [1.54, 1.807) is 6.20 Å². The minimum Gasteiger partial charge on any atom is -0.468 e. The molecule has 3 fully saturated rings. The second-order valence-corrected chi connectivity index (χ2v) is 13.4. The van der Waals surface area contributed by atoms with Gasteiger partial charge >= 0.3 is 18.0 Å². The number of fused-ring (bicyclic) bond motifs is 1. The van der Waals surface area contributed by atoms with Crippen LogP contribution in [0.15, 0.2) is 46.0 Å². The number of amides is 2. The van der Waals surface area contributed by atoms with Crippen LogP contribution in [0.4, 0.5) is 9.18 Å². The lowest BCUT2D eigenvalue weighted by molar-refractivity contribution is -0.146. The fourth-order valence-electron chi connectivity index (χ4n) is 6.94. The maximum atomic E-state index is 14.0. The molecule has 2 aromatic rings. The van der Waals surface area contributed by atoms with Crippen molar-refractivity contribution in [2.75, 3.05) is 53.5 Å². The highest BCUT2D eigenvalue weighted by atomic mass is 35.5. The van der Waals surface area contributed by atoms with Crippen LogP contribution in [0, 0.1) is 5.82 Å². The number of aromatic nitrogens is 1. The van der Waals surface area contributed by atoms with Crippen LogP contribution < -0.4 is 5.32 Å². The standard InChI is InChI=1S/C31H37ClFN7O5S/c1-17(2)39-14-19(12-24(39)29(41)44-3)40-15-20-13-37(8-9-38(20)31(40)43)16-23-25(30(42)45-4)26(21-6-5-18(33)11-22(21)32)36-27(35-23)28-34-7-10-46-28/h5-7,10-11,17,19-20,24,26H,8-9,12-16H2,1-4H3,(H,35,36)/t19-,20+,24-,26?/m1/s1. The lowest BCUT2D eigenvalue weighted by Gasteiger charge is -2.38. The quantitative estimate of drug-likeness (QED) is 0.422. The zero-order valence-corrected chi connectivity index (χ0v) is 27.7. The van der Waals surface area contributed by atoms with Crippen molar-refractivity contribution in [2.45, 2.75) is 50.5 Å². The number of esters is 2. The van der Waals surface area contributed by atoms with Crippen molar-refractivity contribution in [2.24, 2.45) is 4.99 Å². The molecule has 0 radical (unpaired) electrons. The lowest BCUT2D eigenvalue weighted by Crippen LogP contribution is -2.53. The number of benzene rings is 1. The number of hydrogen-bond donors (Lipinski definition) is 1. The highest BCUT2D eigenvalue weighted by molar-refractivity contribution is 7.11. The van der Waals surface area contributed by atoms with Crippen LogP contribution in [-0.2, 0) is 19.1 Å². The van der Waals surface area contributed by atoms with E-state index in [0.29, 0.717) is 67.8 Å². The van der Waals surface area contributed by atoms with Gasteiger partial charge in [0.15, 0.2) is 10.8 Å². The third kappa shape index (κ3) is 6.10. The Morgan fingerprint density at radius 1 is 1.13 bits per heavy atom. The minimum atomic E-state index is -0.852. The molecule has 1 unspecified atom stereocenters. The average Bonchev–Trinajstić information content (AvgIpc) is 3.80. The minimum absolute atomic E-state index is 0.0154. The van der Waals surface area contributed by atoms with Gasteiger partial charge in [0.1, 0.15) is 17.9 Å². The molecule has 0 aliphatic carbocycles. The Kier molecular flexibility index (Phi) is 9.33. The van der Waals surface area contributed by atoms with Crippen LogP contribution in [0.5, 0.6) is 0 Å². The second kappa shape index (κ2) is 13.3. The molecule has 246 valence electrons. The van der Waals surface area contributed by atoms with E-state index in [1.165, 1.54) is 43.8 Å². The summed E-state index contributed by atoms with van der Waals surface area (Å²) in [5.41, 5.74) is 1.32. The molecule has 0 saturated carbocycles. The van der Waals surface area contributed by atoms with E-state index in [-0.39, 0.29) is 46.8 Å². The summed E-state index contributed by atoms with van der Waals surface area (Å²) in [6, 6.07) is 2.75. The SMILES string of the molecule is COC(=O)C1=C(CN2CCN3C(=O)N([C@@H]4C[C@H](C(=O)OC)N(C(C)C)C4)C[C@@H]3C2)NC(c2nccs2)=NC1c1ccc(F)cc1Cl. The normalized spacial score (nSPS) is 25.5. The van der Waals surface area contributed by atoms with Gasteiger partial charge in [-0.3, -0.25) is 19.6 Å². The Balaban J connectivity index is 1.24. The largest absolute Gasteiger partial charge is 0.468 e. The van der Waals surface area contributed by atoms with Gasteiger partial charge in [0, 0.05) is 79.2 Å². The van der Waals surface area contributed by atoms with Gasteiger partial charge in [-0.1, -0.05) is 17.7 Å². The molecule has 4 aliphatic heterocycles. The Morgan fingerprint density at radius 3 is 2.61 bits per heavy atom. The fourth-order valence-corrected chi connectivity index (χ4v) is 7.80. The predicted octanol–water partition coefficient (Wildman–Crippen LogP) is 2.90. The second-order valence-electron chi connectivity index (χ2n) is 12.1. The van der Waals surface area contributed by atoms with Crippen LogP contribution in [-0.4, -0.2) is 126 Å². The van der Waals surface area contributed by atoms with Crippen LogP contribution in [0.1, 0.15) is 36.9 Å². The summed E-state index contributed by atoms with van der Waals surface area (Å²) in [5.74, 6) is -0.877. The number of nitrogens with one attached hydrogen (secondary N) is 1. The first-order valence-electron chi connectivity index (χ1n) is 15.2. The number of likely N-dealkylation sites (tertiary alicyclic amines) is 1. The molecule has 0 bridgehead atoms. The van der Waals surface area contributed by atoms with Crippen molar-refractivity contribution in [3.63, 3.8) is 0 Å². The predicted molar refractivity (Wildman–Crippen MR) is 170 cm³/mol. The number of amidine groups is 1. The molecule has 1 aromatic heterocycles. The molecular weight excluding hydrogens is 637 g/mol. The van der Waals surface area contributed by atoms with E-state index in [9.17, 15) is 18.8 Å². The zero-order valence-electron chi connectivity index (χ0n) is 26.1. The van der Waals surface area contributed by atoms with Gasteiger partial charge in [-0.25, -0.2) is 19.0 Å². The highest BCUT2D eigenvalue weighted by Crippen LogP contribution is 2.37. The first-order valence-corrected chi connectivity index (χ1v) is 16.5. The smallest absolute Gasteiger partial charge is 0.338 e. The first kappa shape index (κ1) is 32.4. The van der Waals surface area contributed by atoms with Crippen LogP contribution >= 0.6 is 22.9 Å². The average molecular weight is 674 g/mol. The number of methoxy groups -OCH3 is 2. The van der Waals surface area contributed by atoms with Crippen molar-refractivity contribution < 1.29 is 28.2 Å². The number of aliphatic imine (C=N–C) groups is 1. The number of carbonyl (C=O) groups excluding carboxylic acids is 3. The molecule has 46 heavy (non-hydrogen) atoms. The molecule has 12 nitrogen and oxygen atoms in total. The van der Waals surface area contributed by atoms with Crippen molar-refractivity contribution in [1.82, 2.24) is 29.9 Å². The molecule has 4 aliphatic rings. The summed E-state index contributed by atoms with van der Waals surface area (Å²) < 4.78 is 24.3. The summed E-state index contributed by atoms with van der Waals surface area (Å²) in [4.78, 5) is 56.8. The zero-order chi connectivity index (χ0) is 32.7. The Morgan fingerprint density at radius 2 is 1.93 bits per heavy atom. The number of hydrogen-bond acceptors (Lipinski definition) is 11. The molecule has 5 heterocycles. The van der Waals surface area contributed by atoms with Gasteiger partial charge in [-0.2, -0.15) is 0 Å². The monoisotopic (exact) mass is 673 g/mol. The number of ether oxygens (including phenoxy) is 2. The summed E-state index contributed by atoms with van der Waals surface area (Å²) in [7, 11) is 2.70. The fraction of sp³-hybridized carbons (Fsp3) is 0.516. The number of carbonyl (C=O) groups is 3. The van der Waals surface area contributed by atoms with Crippen LogP contribution in [0.25, 0.3) is 0 Å². The third-order valence-electron chi connectivity index (χ3n) is 9.17. The first-order chi connectivity index (χ1) is 22.1. The summed E-state index contributed by atoms with van der Waals surface area (Å²) >= 11 is 7.89. The highest BCUT2D eigenvalue weighted by Gasteiger charge is 2.48. The lowest BCUT2D eigenvalue weighted by atomic mass is 9.95. The molecule has 4 atom stereocenters. The summed E-state index contributed by atoms with van der Waals surface area (Å²) in [5, 5.41) is 5.94. The van der Waals surface area contributed by atoms with Crippen molar-refractivity contribution >= 4 is 46.7 Å². The van der Waals surface area contributed by atoms with Crippen molar-refractivity contribution in [3.8, 4) is 0 Å². The molecular formula is C31H37ClFN7O5S. The Hall–Kier alpha value is -3.59. The van der Waals surface area contributed by atoms with E-state index in [0.717, 1.165) is 0 Å². The Bertz CT molecular complexity index is 1570. The maximum Gasteiger partial charge on any atom is 0.338 e. The molecule has 6 rings (SSSR count). The summed E-state index contributed by atoms with van der Waals surface area (Å²) in [6.45, 7) is 7.25. The van der Waals surface area contributed by atoms with E-state index in [2.05, 4.69) is 20.1 Å². The van der Waals surface area contributed by atoms with Crippen molar-refractivity contribution in [3.05, 3.63) is 62.5 Å². The number of halogens is 2.